The van der Waals surface area contributed by atoms with Gasteiger partial charge in [0.2, 0.25) is 0 Å². The molecule has 0 spiro atoms. The lowest BCUT2D eigenvalue weighted by atomic mass is 10.3. The van der Waals surface area contributed by atoms with Gasteiger partial charge in [-0.3, -0.25) is 9.97 Å². The van der Waals surface area contributed by atoms with Crippen LogP contribution in [0.15, 0.2) is 54.9 Å². The van der Waals surface area contributed by atoms with Crippen molar-refractivity contribution in [2.45, 2.75) is 6.10 Å². The zero-order chi connectivity index (χ0) is 16.1. The van der Waals surface area contributed by atoms with Crippen molar-refractivity contribution < 1.29 is 14.6 Å². The van der Waals surface area contributed by atoms with Gasteiger partial charge in [-0.15, -0.1) is 0 Å². The van der Waals surface area contributed by atoms with E-state index in [0.29, 0.717) is 16.5 Å². The predicted octanol–water partition coefficient (Wildman–Crippen LogP) is 3.10. The van der Waals surface area contributed by atoms with Crippen LogP contribution >= 0.6 is 11.6 Å². The van der Waals surface area contributed by atoms with Gasteiger partial charge in [0.05, 0.1) is 11.0 Å². The number of rotatable bonds is 6. The monoisotopic (exact) mass is 330 g/mol. The highest BCUT2D eigenvalue weighted by atomic mass is 35.5. The van der Waals surface area contributed by atoms with Crippen molar-refractivity contribution >= 4 is 22.6 Å². The average Bonchev–Trinajstić information content (AvgIpc) is 2.59. The van der Waals surface area contributed by atoms with Crippen molar-refractivity contribution in [1.82, 2.24) is 9.97 Å². The first-order chi connectivity index (χ1) is 11.2. The highest BCUT2D eigenvalue weighted by molar-refractivity contribution is 6.30. The van der Waals surface area contributed by atoms with Crippen LogP contribution in [0.2, 0.25) is 5.02 Å². The normalized spacial score (nSPS) is 12.1. The van der Waals surface area contributed by atoms with Gasteiger partial charge in [0.25, 0.3) is 0 Å². The minimum atomic E-state index is -0.747. The van der Waals surface area contributed by atoms with E-state index in [1.165, 1.54) is 0 Å². The van der Waals surface area contributed by atoms with Gasteiger partial charge in [-0.05, 0) is 36.4 Å². The zero-order valence-corrected chi connectivity index (χ0v) is 13.0. The lowest BCUT2D eigenvalue weighted by Crippen LogP contribution is -2.25. The van der Waals surface area contributed by atoms with E-state index in [2.05, 4.69) is 9.97 Å². The van der Waals surface area contributed by atoms with Crippen molar-refractivity contribution in [3.8, 4) is 11.5 Å². The van der Waals surface area contributed by atoms with Crippen LogP contribution in [0.25, 0.3) is 11.0 Å². The van der Waals surface area contributed by atoms with Crippen LogP contribution < -0.4 is 9.47 Å². The van der Waals surface area contributed by atoms with E-state index in [-0.39, 0.29) is 13.2 Å². The first kappa shape index (κ1) is 15.5. The van der Waals surface area contributed by atoms with Crippen molar-refractivity contribution in [3.63, 3.8) is 0 Å². The van der Waals surface area contributed by atoms with Crippen LogP contribution in [0.4, 0.5) is 0 Å². The van der Waals surface area contributed by atoms with Gasteiger partial charge < -0.3 is 14.6 Å². The minimum Gasteiger partial charge on any atom is -0.491 e. The molecule has 0 aliphatic rings. The Hall–Kier alpha value is -2.37. The van der Waals surface area contributed by atoms with Crippen molar-refractivity contribution in [1.29, 1.82) is 0 Å². The molecule has 0 fully saturated rings. The number of aromatic nitrogens is 2. The SMILES string of the molecule is OC(COc1ccc(Cl)cc1)COc1ccc2nccnc2c1. The van der Waals surface area contributed by atoms with Gasteiger partial charge in [0.15, 0.2) is 0 Å². The Morgan fingerprint density at radius 3 is 2.22 bits per heavy atom. The molecule has 0 radical (unpaired) electrons. The summed E-state index contributed by atoms with van der Waals surface area (Å²) in [5.41, 5.74) is 1.54. The third-order valence-corrected chi connectivity index (χ3v) is 3.39. The molecule has 0 bridgehead atoms. The van der Waals surface area contributed by atoms with Crippen molar-refractivity contribution in [2.75, 3.05) is 13.2 Å². The number of aliphatic hydroxyl groups is 1. The molecule has 1 heterocycles. The number of hydrogen-bond donors (Lipinski definition) is 1. The average molecular weight is 331 g/mol. The quantitative estimate of drug-likeness (QED) is 0.752. The maximum absolute atomic E-state index is 9.94. The molecular weight excluding hydrogens is 316 g/mol. The molecule has 3 aromatic rings. The summed E-state index contributed by atoms with van der Waals surface area (Å²) >= 11 is 5.80. The largest absolute Gasteiger partial charge is 0.491 e. The topological polar surface area (TPSA) is 64.5 Å². The van der Waals surface area contributed by atoms with Crippen LogP contribution in [0, 0.1) is 0 Å². The van der Waals surface area contributed by atoms with Crippen LogP contribution in [0.3, 0.4) is 0 Å². The van der Waals surface area contributed by atoms with Gasteiger partial charge in [-0.25, -0.2) is 0 Å². The molecule has 0 aliphatic heterocycles. The van der Waals surface area contributed by atoms with Gasteiger partial charge in [-0.1, -0.05) is 11.6 Å². The highest BCUT2D eigenvalue weighted by Crippen LogP contribution is 2.18. The molecule has 1 aromatic heterocycles. The second kappa shape index (κ2) is 7.26. The Labute approximate surface area is 138 Å². The van der Waals surface area contributed by atoms with Gasteiger partial charge >= 0.3 is 0 Å². The van der Waals surface area contributed by atoms with Gasteiger partial charge in [-0.2, -0.15) is 0 Å². The molecule has 2 aromatic carbocycles. The van der Waals surface area contributed by atoms with Crippen molar-refractivity contribution in [3.05, 3.63) is 59.9 Å². The fourth-order valence-electron chi connectivity index (χ4n) is 2.00. The molecule has 23 heavy (non-hydrogen) atoms. The summed E-state index contributed by atoms with van der Waals surface area (Å²) in [6, 6.07) is 12.4. The van der Waals surface area contributed by atoms with Crippen LogP contribution in [0.5, 0.6) is 11.5 Å². The summed E-state index contributed by atoms with van der Waals surface area (Å²) in [6.45, 7) is 0.258. The number of halogens is 1. The standard InChI is InChI=1S/C17H15ClN2O3/c18-12-1-3-14(4-2-12)22-10-13(21)11-23-15-5-6-16-17(9-15)20-8-7-19-16/h1-9,13,21H,10-11H2. The summed E-state index contributed by atoms with van der Waals surface area (Å²) < 4.78 is 11.0. The molecule has 0 saturated carbocycles. The Bertz CT molecular complexity index is 780. The minimum absolute atomic E-state index is 0.124. The smallest absolute Gasteiger partial charge is 0.122 e. The number of benzene rings is 2. The van der Waals surface area contributed by atoms with E-state index in [1.807, 2.05) is 6.07 Å². The molecule has 1 unspecified atom stereocenters. The number of ether oxygens (including phenoxy) is 2. The lowest BCUT2D eigenvalue weighted by molar-refractivity contribution is 0.0627. The molecule has 118 valence electrons. The van der Waals surface area contributed by atoms with Crippen LogP contribution in [-0.4, -0.2) is 34.4 Å². The fraction of sp³-hybridized carbons (Fsp3) is 0.176. The number of fused-ring (bicyclic) bond motifs is 1. The Kier molecular flexibility index (Phi) is 4.90. The molecule has 1 atom stereocenters. The number of nitrogens with zero attached hydrogens (tertiary/aromatic N) is 2. The molecular formula is C17H15ClN2O3. The number of aliphatic hydroxyl groups excluding tert-OH is 1. The maximum atomic E-state index is 9.94. The van der Waals surface area contributed by atoms with E-state index < -0.39 is 6.10 Å². The van der Waals surface area contributed by atoms with E-state index in [1.54, 1.807) is 48.8 Å². The third-order valence-electron chi connectivity index (χ3n) is 3.14. The Morgan fingerprint density at radius 2 is 1.48 bits per heavy atom. The summed E-state index contributed by atoms with van der Waals surface area (Å²) in [7, 11) is 0. The summed E-state index contributed by atoms with van der Waals surface area (Å²) in [6.07, 6.45) is 2.52. The Balaban J connectivity index is 1.51. The van der Waals surface area contributed by atoms with Crippen LogP contribution in [-0.2, 0) is 0 Å². The first-order valence-electron chi connectivity index (χ1n) is 7.11. The molecule has 0 amide bonds. The summed E-state index contributed by atoms with van der Waals surface area (Å²) in [5, 5.41) is 10.6. The lowest BCUT2D eigenvalue weighted by Gasteiger charge is -2.13. The van der Waals surface area contributed by atoms with Gasteiger partial charge in [0.1, 0.15) is 30.8 Å². The molecule has 3 rings (SSSR count). The van der Waals surface area contributed by atoms with Crippen molar-refractivity contribution in [2.24, 2.45) is 0 Å². The molecule has 0 saturated heterocycles. The zero-order valence-electron chi connectivity index (χ0n) is 12.2. The third kappa shape index (κ3) is 4.31. The Morgan fingerprint density at radius 1 is 0.870 bits per heavy atom. The molecule has 6 heteroatoms. The maximum Gasteiger partial charge on any atom is 0.122 e. The predicted molar refractivity (Wildman–Crippen MR) is 88.0 cm³/mol. The highest BCUT2D eigenvalue weighted by Gasteiger charge is 2.07. The van der Waals surface area contributed by atoms with Crippen LogP contribution in [0.1, 0.15) is 0 Å². The first-order valence-corrected chi connectivity index (χ1v) is 7.48. The summed E-state index contributed by atoms with van der Waals surface area (Å²) in [5.74, 6) is 1.28. The second-order valence-corrected chi connectivity index (χ2v) is 5.37. The molecule has 5 nitrogen and oxygen atoms in total. The van der Waals surface area contributed by atoms with Gasteiger partial charge in [0, 0.05) is 23.5 Å². The molecule has 1 N–H and O–H groups in total. The van der Waals surface area contributed by atoms with E-state index in [9.17, 15) is 5.11 Å². The molecule has 0 aliphatic carbocycles. The fourth-order valence-corrected chi connectivity index (χ4v) is 2.12. The van der Waals surface area contributed by atoms with E-state index in [4.69, 9.17) is 21.1 Å². The number of hydrogen-bond acceptors (Lipinski definition) is 5. The second-order valence-electron chi connectivity index (χ2n) is 4.94. The summed E-state index contributed by atoms with van der Waals surface area (Å²) in [4.78, 5) is 8.40. The van der Waals surface area contributed by atoms with E-state index >= 15 is 0 Å². The van der Waals surface area contributed by atoms with E-state index in [0.717, 1.165) is 11.0 Å².